The molecule has 0 bridgehead atoms. The number of rotatable bonds is 2. The molecular weight excluding hydrogens is 351 g/mol. The van der Waals surface area contributed by atoms with Gasteiger partial charge in [-0.25, -0.2) is 4.98 Å². The van der Waals surface area contributed by atoms with Crippen LogP contribution in [0.3, 0.4) is 0 Å². The van der Waals surface area contributed by atoms with Crippen molar-refractivity contribution in [1.29, 1.82) is 0 Å². The average Bonchev–Trinajstić information content (AvgIpc) is 2.42. The molecule has 4 nitrogen and oxygen atoms in total. The van der Waals surface area contributed by atoms with Crippen LogP contribution in [0, 0.1) is 6.92 Å². The Kier molecular flexibility index (Phi) is 4.26. The molecule has 0 unspecified atom stereocenters. The highest BCUT2D eigenvalue weighted by Gasteiger charge is 2.30. The Labute approximate surface area is 126 Å². The summed E-state index contributed by atoms with van der Waals surface area (Å²) in [5.74, 6) is -0.604. The van der Waals surface area contributed by atoms with Crippen LogP contribution in [0.15, 0.2) is 35.2 Å². The van der Waals surface area contributed by atoms with Gasteiger partial charge in [0, 0.05) is 6.20 Å². The van der Waals surface area contributed by atoms with E-state index in [0.717, 1.165) is 17.7 Å². The minimum absolute atomic E-state index is 0.108. The standard InChI is InChI=1S/C13H9BrF3N3O/c1-7-4-9(6-19-11(7)14)20-12(21)10-3-2-8(5-18-10)13(15,16)17/h2-6H,1H3,(H,20,21). The van der Waals surface area contributed by atoms with Crippen molar-refractivity contribution in [3.63, 3.8) is 0 Å². The van der Waals surface area contributed by atoms with Crippen LogP contribution < -0.4 is 5.32 Å². The first-order valence-electron chi connectivity index (χ1n) is 5.74. The number of aromatic nitrogens is 2. The molecule has 0 aliphatic rings. The second-order valence-electron chi connectivity index (χ2n) is 4.22. The largest absolute Gasteiger partial charge is 0.417 e. The average molecular weight is 360 g/mol. The first-order valence-corrected chi connectivity index (χ1v) is 6.53. The zero-order valence-electron chi connectivity index (χ0n) is 10.7. The van der Waals surface area contributed by atoms with E-state index in [1.54, 1.807) is 13.0 Å². The maximum atomic E-state index is 12.4. The summed E-state index contributed by atoms with van der Waals surface area (Å²) in [6, 6.07) is 3.52. The first kappa shape index (κ1) is 15.4. The van der Waals surface area contributed by atoms with Gasteiger partial charge in [-0.2, -0.15) is 13.2 Å². The lowest BCUT2D eigenvalue weighted by molar-refractivity contribution is -0.137. The predicted molar refractivity (Wildman–Crippen MR) is 73.9 cm³/mol. The Hall–Kier alpha value is -1.96. The SMILES string of the molecule is Cc1cc(NC(=O)c2ccc(C(F)(F)F)cn2)cnc1Br. The van der Waals surface area contributed by atoms with E-state index < -0.39 is 17.6 Å². The van der Waals surface area contributed by atoms with Crippen molar-refractivity contribution in [1.82, 2.24) is 9.97 Å². The lowest BCUT2D eigenvalue weighted by Gasteiger charge is -2.08. The second-order valence-corrected chi connectivity index (χ2v) is 4.97. The summed E-state index contributed by atoms with van der Waals surface area (Å²) in [4.78, 5) is 19.4. The number of amides is 1. The van der Waals surface area contributed by atoms with Gasteiger partial charge >= 0.3 is 6.18 Å². The number of pyridine rings is 2. The molecule has 0 spiro atoms. The normalized spacial score (nSPS) is 11.3. The zero-order valence-corrected chi connectivity index (χ0v) is 12.3. The number of aryl methyl sites for hydroxylation is 1. The Morgan fingerprint density at radius 3 is 2.48 bits per heavy atom. The number of nitrogens with one attached hydrogen (secondary N) is 1. The third-order valence-corrected chi connectivity index (χ3v) is 3.43. The summed E-state index contributed by atoms with van der Waals surface area (Å²) in [5.41, 5.74) is 0.236. The highest BCUT2D eigenvalue weighted by atomic mass is 79.9. The fraction of sp³-hybridized carbons (Fsp3) is 0.154. The minimum Gasteiger partial charge on any atom is -0.319 e. The molecule has 1 amide bonds. The fourth-order valence-corrected chi connectivity index (χ4v) is 1.73. The van der Waals surface area contributed by atoms with Crippen LogP contribution in [0.5, 0.6) is 0 Å². The predicted octanol–water partition coefficient (Wildman–Crippen LogP) is 3.82. The van der Waals surface area contributed by atoms with E-state index >= 15 is 0 Å². The summed E-state index contributed by atoms with van der Waals surface area (Å²) in [6.07, 6.45) is -2.42. The van der Waals surface area contributed by atoms with Crippen LogP contribution >= 0.6 is 15.9 Å². The molecule has 0 atom stereocenters. The highest BCUT2D eigenvalue weighted by molar-refractivity contribution is 9.10. The van der Waals surface area contributed by atoms with Gasteiger partial charge in [-0.3, -0.25) is 9.78 Å². The van der Waals surface area contributed by atoms with Gasteiger partial charge in [0.05, 0.1) is 17.4 Å². The fourth-order valence-electron chi connectivity index (χ4n) is 1.52. The van der Waals surface area contributed by atoms with Crippen LogP contribution in [-0.2, 0) is 6.18 Å². The van der Waals surface area contributed by atoms with Crippen molar-refractivity contribution in [3.05, 3.63) is 52.0 Å². The minimum atomic E-state index is -4.48. The molecule has 0 fully saturated rings. The van der Waals surface area contributed by atoms with E-state index in [9.17, 15) is 18.0 Å². The molecule has 21 heavy (non-hydrogen) atoms. The lowest BCUT2D eigenvalue weighted by atomic mass is 10.2. The van der Waals surface area contributed by atoms with Gasteiger partial charge in [0.15, 0.2) is 0 Å². The molecule has 0 saturated heterocycles. The van der Waals surface area contributed by atoms with Gasteiger partial charge in [0.2, 0.25) is 0 Å². The molecular formula is C13H9BrF3N3O. The van der Waals surface area contributed by atoms with Crippen molar-refractivity contribution < 1.29 is 18.0 Å². The van der Waals surface area contributed by atoms with Crippen molar-refractivity contribution in [2.75, 3.05) is 5.32 Å². The van der Waals surface area contributed by atoms with E-state index in [1.807, 2.05) is 0 Å². The van der Waals surface area contributed by atoms with Gasteiger partial charge in [-0.15, -0.1) is 0 Å². The number of halogens is 4. The lowest BCUT2D eigenvalue weighted by Crippen LogP contribution is -2.15. The molecule has 0 aliphatic carbocycles. The van der Waals surface area contributed by atoms with Crippen LogP contribution in [0.2, 0.25) is 0 Å². The Bertz CT molecular complexity index is 671. The Morgan fingerprint density at radius 2 is 1.95 bits per heavy atom. The van der Waals surface area contributed by atoms with Gasteiger partial charge in [0.1, 0.15) is 10.3 Å². The molecule has 2 aromatic rings. The van der Waals surface area contributed by atoms with E-state index in [-0.39, 0.29) is 5.69 Å². The quantitative estimate of drug-likeness (QED) is 0.829. The van der Waals surface area contributed by atoms with Crippen molar-refractivity contribution in [2.45, 2.75) is 13.1 Å². The summed E-state index contributed by atoms with van der Waals surface area (Å²) < 4.78 is 37.8. The zero-order chi connectivity index (χ0) is 15.6. The second kappa shape index (κ2) is 5.80. The molecule has 0 radical (unpaired) electrons. The monoisotopic (exact) mass is 359 g/mol. The molecule has 110 valence electrons. The number of nitrogens with zero attached hydrogens (tertiary/aromatic N) is 2. The number of carbonyl (C=O) groups excluding carboxylic acids is 1. The number of carbonyl (C=O) groups is 1. The smallest absolute Gasteiger partial charge is 0.319 e. The summed E-state index contributed by atoms with van der Waals surface area (Å²) in [6.45, 7) is 1.79. The van der Waals surface area contributed by atoms with E-state index in [2.05, 4.69) is 31.2 Å². The molecule has 0 aliphatic heterocycles. The number of hydrogen-bond donors (Lipinski definition) is 1. The van der Waals surface area contributed by atoms with Gasteiger partial charge in [-0.1, -0.05) is 0 Å². The van der Waals surface area contributed by atoms with Crippen molar-refractivity contribution in [2.24, 2.45) is 0 Å². The van der Waals surface area contributed by atoms with E-state index in [1.165, 1.54) is 6.20 Å². The maximum Gasteiger partial charge on any atom is 0.417 e. The van der Waals surface area contributed by atoms with Crippen molar-refractivity contribution >= 4 is 27.5 Å². The van der Waals surface area contributed by atoms with Gasteiger partial charge < -0.3 is 5.32 Å². The molecule has 1 N–H and O–H groups in total. The van der Waals surface area contributed by atoms with Crippen LogP contribution in [0.4, 0.5) is 18.9 Å². The number of alkyl halides is 3. The third-order valence-electron chi connectivity index (χ3n) is 2.60. The molecule has 0 saturated carbocycles. The van der Waals surface area contributed by atoms with E-state index in [0.29, 0.717) is 16.5 Å². The molecule has 2 aromatic heterocycles. The Morgan fingerprint density at radius 1 is 1.24 bits per heavy atom. The molecule has 8 heteroatoms. The first-order chi connectivity index (χ1) is 9.77. The van der Waals surface area contributed by atoms with Crippen LogP contribution in [0.1, 0.15) is 21.6 Å². The highest BCUT2D eigenvalue weighted by Crippen LogP contribution is 2.28. The van der Waals surface area contributed by atoms with Gasteiger partial charge in [0.25, 0.3) is 5.91 Å². The van der Waals surface area contributed by atoms with Gasteiger partial charge in [-0.05, 0) is 46.6 Å². The maximum absolute atomic E-state index is 12.4. The molecule has 2 rings (SSSR count). The summed E-state index contributed by atoms with van der Waals surface area (Å²) in [7, 11) is 0. The van der Waals surface area contributed by atoms with Crippen LogP contribution in [-0.4, -0.2) is 15.9 Å². The van der Waals surface area contributed by atoms with Crippen LogP contribution in [0.25, 0.3) is 0 Å². The molecule has 2 heterocycles. The topological polar surface area (TPSA) is 54.9 Å². The van der Waals surface area contributed by atoms with E-state index in [4.69, 9.17) is 0 Å². The number of anilines is 1. The molecule has 0 aromatic carbocycles. The number of hydrogen-bond acceptors (Lipinski definition) is 3. The third kappa shape index (κ3) is 3.78. The summed E-state index contributed by atoms with van der Waals surface area (Å²) in [5, 5.41) is 2.52. The van der Waals surface area contributed by atoms with Crippen molar-refractivity contribution in [3.8, 4) is 0 Å². The summed E-state index contributed by atoms with van der Waals surface area (Å²) >= 11 is 3.22. The Balaban J connectivity index is 2.15.